The summed E-state index contributed by atoms with van der Waals surface area (Å²) in [5, 5.41) is 37.1. The lowest BCUT2D eigenvalue weighted by atomic mass is 9.49. The largest absolute Gasteiger partial charge is 0.489 e. The lowest BCUT2D eigenvalue weighted by Gasteiger charge is -2.63. The quantitative estimate of drug-likeness (QED) is 0.142. The van der Waals surface area contributed by atoms with Gasteiger partial charge in [-0.1, -0.05) is 49.7 Å². The monoisotopic (exact) mass is 791 g/mol. The van der Waals surface area contributed by atoms with E-state index in [2.05, 4.69) is 41.9 Å². The fourth-order valence-electron chi connectivity index (χ4n) is 7.80. The number of halogens is 1. The average Bonchev–Trinajstić information content (AvgIpc) is 3.67. The number of hydrogen-bond acceptors (Lipinski definition) is 12. The minimum Gasteiger partial charge on any atom is -0.489 e. The molecule has 18 heteroatoms. The number of fused-ring (bicyclic) bond motifs is 1. The molecule has 0 spiro atoms. The van der Waals surface area contributed by atoms with Crippen LogP contribution in [0.4, 0.5) is 5.69 Å². The molecule has 2 aliphatic rings. The Hall–Kier alpha value is -6.67. The lowest BCUT2D eigenvalue weighted by Crippen LogP contribution is -2.74. The first-order valence-corrected chi connectivity index (χ1v) is 18.5. The van der Waals surface area contributed by atoms with E-state index in [0.29, 0.717) is 44.5 Å². The smallest absolute Gasteiger partial charge is 0.278 e. The lowest BCUT2D eigenvalue weighted by molar-refractivity contribution is -0.164. The van der Waals surface area contributed by atoms with Crippen LogP contribution >= 0.6 is 11.6 Å². The third-order valence-electron chi connectivity index (χ3n) is 10.5. The molecule has 4 N–H and O–H groups in total. The van der Waals surface area contributed by atoms with Gasteiger partial charge in [-0.25, -0.2) is 4.68 Å². The molecule has 3 heterocycles. The van der Waals surface area contributed by atoms with E-state index in [1.54, 1.807) is 60.8 Å². The van der Waals surface area contributed by atoms with Gasteiger partial charge < -0.3 is 20.7 Å². The maximum absolute atomic E-state index is 13.4. The molecule has 17 nitrogen and oxygen atoms in total. The van der Waals surface area contributed by atoms with Gasteiger partial charge in [0.2, 0.25) is 11.8 Å². The zero-order valence-electron chi connectivity index (χ0n) is 31.4. The van der Waals surface area contributed by atoms with E-state index in [9.17, 15) is 29.2 Å². The van der Waals surface area contributed by atoms with Crippen LogP contribution in [0.25, 0.3) is 16.6 Å². The molecule has 1 saturated carbocycles. The molecule has 1 saturated heterocycles. The summed E-state index contributed by atoms with van der Waals surface area (Å²) in [6, 6.07) is 17.5. The normalized spacial score (nSPS) is 19.5. The summed E-state index contributed by atoms with van der Waals surface area (Å²) in [6.45, 7) is 8.14. The maximum atomic E-state index is 13.4. The zero-order chi connectivity index (χ0) is 40.6. The van der Waals surface area contributed by atoms with Gasteiger partial charge in [0.1, 0.15) is 35.2 Å². The minimum absolute atomic E-state index is 0.0844. The standard InChI is InChI=1S/C39H38ClN11O6/c1-38(2)36(39(3,4)37(38)57-26-11-7-22(17-41)28(40)16-26)45-33(54)21-5-9-25(10-6-21)50-20-24(46-48-50)18-43-32(53)19-42-23-8-12-29-27(15-23)35(56)51(49-47-29)30-13-14-31(52)44-34(30)55/h5-12,15-16,20,30,36-37,42H,13-14,18-19H2,1-4H3,(H,43,53)(H,45,54)(H,44,52,55). The summed E-state index contributed by atoms with van der Waals surface area (Å²) in [4.78, 5) is 63.1. The second-order valence-corrected chi connectivity index (χ2v) is 15.6. The Kier molecular flexibility index (Phi) is 10.2. The van der Waals surface area contributed by atoms with Gasteiger partial charge in [-0.05, 0) is 61.0 Å². The molecule has 4 amide bonds. The average molecular weight is 792 g/mol. The minimum atomic E-state index is -0.948. The first-order chi connectivity index (χ1) is 27.1. The van der Waals surface area contributed by atoms with Gasteiger partial charge in [-0.2, -0.15) is 9.94 Å². The maximum Gasteiger partial charge on any atom is 0.278 e. The van der Waals surface area contributed by atoms with Crippen LogP contribution in [-0.2, 0) is 20.9 Å². The van der Waals surface area contributed by atoms with Crippen molar-refractivity contribution in [3.63, 3.8) is 0 Å². The third kappa shape index (κ3) is 7.63. The van der Waals surface area contributed by atoms with Crippen LogP contribution in [0, 0.1) is 22.2 Å². The Labute approximate surface area is 330 Å². The number of hydrogen-bond donors (Lipinski definition) is 4. The summed E-state index contributed by atoms with van der Waals surface area (Å²) in [5.74, 6) is -1.04. The van der Waals surface area contributed by atoms with Gasteiger partial charge in [0.25, 0.3) is 17.4 Å². The Bertz CT molecular complexity index is 2510. The second kappa shape index (κ2) is 15.1. The van der Waals surface area contributed by atoms with E-state index in [-0.39, 0.29) is 55.3 Å². The van der Waals surface area contributed by atoms with E-state index >= 15 is 0 Å². The van der Waals surface area contributed by atoms with E-state index in [4.69, 9.17) is 16.3 Å². The number of benzene rings is 3. The molecule has 0 bridgehead atoms. The first kappa shape index (κ1) is 38.6. The molecule has 1 aliphatic heterocycles. The molecule has 2 aromatic heterocycles. The van der Waals surface area contributed by atoms with Gasteiger partial charge in [0.15, 0.2) is 0 Å². The zero-order valence-corrected chi connectivity index (χ0v) is 32.1. The number of piperidine rings is 1. The molecule has 7 rings (SSSR count). The van der Waals surface area contributed by atoms with Crippen molar-refractivity contribution in [1.29, 1.82) is 5.26 Å². The molecule has 57 heavy (non-hydrogen) atoms. The Balaban J connectivity index is 0.908. The highest BCUT2D eigenvalue weighted by Gasteiger charge is 2.64. The van der Waals surface area contributed by atoms with Crippen LogP contribution in [0.2, 0.25) is 5.02 Å². The van der Waals surface area contributed by atoms with E-state index in [1.165, 1.54) is 10.7 Å². The molecule has 1 atom stereocenters. The van der Waals surface area contributed by atoms with Crippen LogP contribution in [0.1, 0.15) is 68.2 Å². The molecule has 1 unspecified atom stereocenters. The van der Waals surface area contributed by atoms with Gasteiger partial charge in [-0.15, -0.1) is 10.2 Å². The Morgan fingerprint density at radius 2 is 1.75 bits per heavy atom. The van der Waals surface area contributed by atoms with Crippen molar-refractivity contribution in [2.75, 3.05) is 11.9 Å². The predicted octanol–water partition coefficient (Wildman–Crippen LogP) is 3.22. The third-order valence-corrected chi connectivity index (χ3v) is 10.8. The number of nitriles is 1. The van der Waals surface area contributed by atoms with Crippen LogP contribution in [0.5, 0.6) is 5.75 Å². The van der Waals surface area contributed by atoms with Crippen molar-refractivity contribution < 1.29 is 23.9 Å². The van der Waals surface area contributed by atoms with Crippen molar-refractivity contribution in [3.05, 3.63) is 99.1 Å². The van der Waals surface area contributed by atoms with Crippen molar-refractivity contribution in [3.8, 4) is 17.5 Å². The van der Waals surface area contributed by atoms with Crippen molar-refractivity contribution in [2.24, 2.45) is 10.8 Å². The highest BCUT2D eigenvalue weighted by atomic mass is 35.5. The molecule has 292 valence electrons. The van der Waals surface area contributed by atoms with Gasteiger partial charge in [0.05, 0.1) is 40.9 Å². The molecule has 5 aromatic rings. The first-order valence-electron chi connectivity index (χ1n) is 18.1. The number of rotatable bonds is 11. The second-order valence-electron chi connectivity index (χ2n) is 15.2. The number of carbonyl (C=O) groups is 4. The van der Waals surface area contributed by atoms with Crippen molar-refractivity contribution in [2.45, 2.75) is 65.3 Å². The number of nitrogens with zero attached hydrogens (tertiary/aromatic N) is 7. The predicted molar refractivity (Wildman–Crippen MR) is 206 cm³/mol. The van der Waals surface area contributed by atoms with E-state index in [1.807, 2.05) is 33.8 Å². The molecule has 0 radical (unpaired) electrons. The van der Waals surface area contributed by atoms with Crippen LogP contribution in [-0.4, -0.2) is 72.3 Å². The number of nitrogens with one attached hydrogen (secondary N) is 4. The fraction of sp³-hybridized carbons (Fsp3) is 0.333. The highest BCUT2D eigenvalue weighted by Crippen LogP contribution is 2.55. The Morgan fingerprint density at radius 1 is 1.00 bits per heavy atom. The number of amides is 4. The molecular weight excluding hydrogens is 754 g/mol. The number of imide groups is 1. The van der Waals surface area contributed by atoms with E-state index < -0.39 is 34.2 Å². The SMILES string of the molecule is CC1(C)C(NC(=O)c2ccc(-n3cc(CNC(=O)CNc4ccc5nnn(C6CCC(=O)NC6=O)c(=O)c5c4)nn3)cc2)C(C)(C)C1Oc1ccc(C#N)c(Cl)c1. The van der Waals surface area contributed by atoms with Crippen molar-refractivity contribution >= 4 is 51.8 Å². The highest BCUT2D eigenvalue weighted by molar-refractivity contribution is 6.31. The number of ether oxygens (including phenoxy) is 1. The molecular formula is C39H38ClN11O6. The summed E-state index contributed by atoms with van der Waals surface area (Å²) in [7, 11) is 0. The number of aromatic nitrogens is 6. The summed E-state index contributed by atoms with van der Waals surface area (Å²) in [5.41, 5.74) is 1.41. The Morgan fingerprint density at radius 3 is 2.46 bits per heavy atom. The van der Waals surface area contributed by atoms with Gasteiger partial charge >= 0.3 is 0 Å². The molecule has 2 fully saturated rings. The van der Waals surface area contributed by atoms with Gasteiger partial charge in [-0.3, -0.25) is 29.3 Å². The topological polar surface area (TPSA) is 228 Å². The van der Waals surface area contributed by atoms with Crippen molar-refractivity contribution in [1.82, 2.24) is 45.9 Å². The summed E-state index contributed by atoms with van der Waals surface area (Å²) < 4.78 is 8.84. The fourth-order valence-corrected chi connectivity index (χ4v) is 8.01. The molecule has 3 aromatic carbocycles. The van der Waals surface area contributed by atoms with E-state index in [0.717, 1.165) is 4.68 Å². The van der Waals surface area contributed by atoms with Crippen LogP contribution in [0.15, 0.2) is 71.7 Å². The number of anilines is 1. The molecule has 1 aliphatic carbocycles. The summed E-state index contributed by atoms with van der Waals surface area (Å²) >= 11 is 6.22. The van der Waals surface area contributed by atoms with Gasteiger partial charge in [0, 0.05) is 40.6 Å². The summed E-state index contributed by atoms with van der Waals surface area (Å²) in [6.07, 6.45) is 1.65. The number of carbonyl (C=O) groups excluding carboxylic acids is 4. The van der Waals surface area contributed by atoms with Crippen LogP contribution < -0.4 is 31.6 Å². The van der Waals surface area contributed by atoms with Crippen LogP contribution in [0.3, 0.4) is 0 Å².